The van der Waals surface area contributed by atoms with Crippen LogP contribution in [-0.2, 0) is 0 Å². The van der Waals surface area contributed by atoms with Crippen molar-refractivity contribution < 1.29 is 0 Å². The lowest BCUT2D eigenvalue weighted by Crippen LogP contribution is -2.24. The van der Waals surface area contributed by atoms with E-state index in [2.05, 4.69) is 50.4 Å². The van der Waals surface area contributed by atoms with Gasteiger partial charge in [0.05, 0.1) is 17.1 Å². The van der Waals surface area contributed by atoms with E-state index in [1.54, 1.807) is 17.7 Å². The minimum Gasteiger partial charge on any atom is -0.349 e. The van der Waals surface area contributed by atoms with Crippen LogP contribution in [0.4, 0.5) is 5.82 Å². The normalized spacial score (nSPS) is 18.8. The highest BCUT2D eigenvalue weighted by Crippen LogP contribution is 2.40. The van der Waals surface area contributed by atoms with Crippen molar-refractivity contribution in [3.8, 4) is 0 Å². The molecule has 0 bridgehead atoms. The van der Waals surface area contributed by atoms with Gasteiger partial charge in [-0.15, -0.1) is 11.3 Å². The molecule has 0 aromatic carbocycles. The number of nitrogens with one attached hydrogen (secondary N) is 1. The molecule has 0 amide bonds. The lowest BCUT2D eigenvalue weighted by molar-refractivity contribution is 0.704. The summed E-state index contributed by atoms with van der Waals surface area (Å²) in [6, 6.07) is 2.49. The van der Waals surface area contributed by atoms with Crippen molar-refractivity contribution in [2.24, 2.45) is 0 Å². The molecule has 0 saturated carbocycles. The summed E-state index contributed by atoms with van der Waals surface area (Å²) in [5.41, 5.74) is 3.59. The predicted molar refractivity (Wildman–Crippen MR) is 84.8 cm³/mol. The summed E-state index contributed by atoms with van der Waals surface area (Å²) in [5, 5.41) is 10.7. The number of anilines is 1. The van der Waals surface area contributed by atoms with Gasteiger partial charge in [0, 0.05) is 17.8 Å². The summed E-state index contributed by atoms with van der Waals surface area (Å²) < 4.78 is 0. The molecule has 3 aromatic rings. The monoisotopic (exact) mass is 299 g/mol. The quantitative estimate of drug-likeness (QED) is 0.788. The first kappa shape index (κ1) is 12.8. The molecule has 0 radical (unpaired) electrons. The molecule has 0 unspecified atom stereocenters. The smallest absolute Gasteiger partial charge is 0.141 e. The fourth-order valence-electron chi connectivity index (χ4n) is 3.38. The standard InChI is InChI=1S/C15H17N5S/c1-9-13(10(2)19-18-9)12-4-3-6-20(12)14-11-5-7-21-15(11)17-8-16-14/h5,7-8,12H,3-4,6H2,1-2H3,(H,18,19)/t12-/m1/s1. The van der Waals surface area contributed by atoms with Crippen LogP contribution in [0.5, 0.6) is 0 Å². The van der Waals surface area contributed by atoms with Gasteiger partial charge in [-0.05, 0) is 38.1 Å². The van der Waals surface area contributed by atoms with Gasteiger partial charge in [0.1, 0.15) is 17.0 Å². The molecular weight excluding hydrogens is 282 g/mol. The zero-order valence-electron chi connectivity index (χ0n) is 12.1. The second-order valence-corrected chi connectivity index (χ2v) is 6.43. The number of nitrogens with zero attached hydrogens (tertiary/aromatic N) is 4. The number of rotatable bonds is 2. The van der Waals surface area contributed by atoms with Crippen molar-refractivity contribution in [1.29, 1.82) is 0 Å². The Balaban J connectivity index is 1.82. The van der Waals surface area contributed by atoms with Gasteiger partial charge < -0.3 is 4.90 Å². The van der Waals surface area contributed by atoms with Crippen molar-refractivity contribution in [3.63, 3.8) is 0 Å². The molecule has 1 atom stereocenters. The lowest BCUT2D eigenvalue weighted by Gasteiger charge is -2.26. The van der Waals surface area contributed by atoms with Crippen LogP contribution in [0, 0.1) is 13.8 Å². The molecule has 1 aliphatic rings. The van der Waals surface area contributed by atoms with Crippen LogP contribution in [0.3, 0.4) is 0 Å². The summed E-state index contributed by atoms with van der Waals surface area (Å²) in [5.74, 6) is 1.06. The van der Waals surface area contributed by atoms with Crippen LogP contribution in [0.2, 0.25) is 0 Å². The Labute approximate surface area is 127 Å². The fourth-order valence-corrected chi connectivity index (χ4v) is 4.10. The Hall–Kier alpha value is -1.95. The topological polar surface area (TPSA) is 57.7 Å². The van der Waals surface area contributed by atoms with Gasteiger partial charge in [-0.1, -0.05) is 0 Å². The van der Waals surface area contributed by atoms with Crippen LogP contribution in [0.1, 0.15) is 35.8 Å². The zero-order chi connectivity index (χ0) is 14.4. The molecule has 3 aromatic heterocycles. The first-order chi connectivity index (χ1) is 10.3. The number of H-pyrrole nitrogens is 1. The average Bonchev–Trinajstić information content (AvgIpc) is 3.18. The van der Waals surface area contributed by atoms with E-state index in [-0.39, 0.29) is 0 Å². The maximum absolute atomic E-state index is 4.57. The predicted octanol–water partition coefficient (Wildman–Crippen LogP) is 3.37. The van der Waals surface area contributed by atoms with Crippen LogP contribution >= 0.6 is 11.3 Å². The molecule has 5 nitrogen and oxygen atoms in total. The number of fused-ring (bicyclic) bond motifs is 1. The molecule has 0 aliphatic carbocycles. The molecule has 21 heavy (non-hydrogen) atoms. The molecule has 4 rings (SSSR count). The van der Waals surface area contributed by atoms with E-state index in [4.69, 9.17) is 0 Å². The highest BCUT2D eigenvalue weighted by atomic mass is 32.1. The highest BCUT2D eigenvalue weighted by molar-refractivity contribution is 7.16. The number of hydrogen-bond acceptors (Lipinski definition) is 5. The van der Waals surface area contributed by atoms with Gasteiger partial charge in [0.2, 0.25) is 0 Å². The Kier molecular flexibility index (Phi) is 2.92. The molecule has 1 N–H and O–H groups in total. The van der Waals surface area contributed by atoms with Gasteiger partial charge in [0.15, 0.2) is 0 Å². The summed E-state index contributed by atoms with van der Waals surface area (Å²) in [7, 11) is 0. The van der Waals surface area contributed by atoms with Gasteiger partial charge in [-0.2, -0.15) is 5.10 Å². The van der Waals surface area contributed by atoms with Gasteiger partial charge in [0.25, 0.3) is 0 Å². The van der Waals surface area contributed by atoms with Crippen LogP contribution in [0.25, 0.3) is 10.2 Å². The molecule has 108 valence electrons. The third kappa shape index (κ3) is 1.93. The van der Waals surface area contributed by atoms with Crippen molar-refractivity contribution in [2.45, 2.75) is 32.7 Å². The van der Waals surface area contributed by atoms with Crippen molar-refractivity contribution >= 4 is 27.4 Å². The van der Waals surface area contributed by atoms with Crippen molar-refractivity contribution in [2.75, 3.05) is 11.4 Å². The molecule has 4 heterocycles. The SMILES string of the molecule is Cc1n[nH]c(C)c1[C@H]1CCCN1c1ncnc2sccc12. The molecule has 1 saturated heterocycles. The maximum Gasteiger partial charge on any atom is 0.141 e. The summed E-state index contributed by atoms with van der Waals surface area (Å²) in [6.07, 6.45) is 4.01. The summed E-state index contributed by atoms with van der Waals surface area (Å²) >= 11 is 1.67. The third-order valence-corrected chi connectivity index (χ3v) is 5.10. The largest absolute Gasteiger partial charge is 0.349 e. The van der Waals surface area contributed by atoms with Crippen LogP contribution in [0.15, 0.2) is 17.8 Å². The van der Waals surface area contributed by atoms with Crippen molar-refractivity contribution in [1.82, 2.24) is 20.2 Å². The van der Waals surface area contributed by atoms with E-state index < -0.39 is 0 Å². The van der Waals surface area contributed by atoms with Crippen molar-refractivity contribution in [3.05, 3.63) is 34.7 Å². The van der Waals surface area contributed by atoms with Gasteiger partial charge in [-0.25, -0.2) is 9.97 Å². The Morgan fingerprint density at radius 2 is 2.24 bits per heavy atom. The molecule has 6 heteroatoms. The number of aromatic amines is 1. The number of aromatic nitrogens is 4. The van der Waals surface area contributed by atoms with E-state index in [0.29, 0.717) is 6.04 Å². The number of hydrogen-bond donors (Lipinski definition) is 1. The molecular formula is C15H17N5S. The van der Waals surface area contributed by atoms with E-state index >= 15 is 0 Å². The first-order valence-electron chi connectivity index (χ1n) is 7.22. The second kappa shape index (κ2) is 4.80. The van der Waals surface area contributed by atoms with E-state index in [1.165, 1.54) is 17.7 Å². The minimum absolute atomic E-state index is 0.363. The van der Waals surface area contributed by atoms with E-state index in [9.17, 15) is 0 Å². The molecule has 1 fully saturated rings. The molecule has 1 aliphatic heterocycles. The number of thiophene rings is 1. The summed E-state index contributed by atoms with van der Waals surface area (Å²) in [4.78, 5) is 12.4. The third-order valence-electron chi connectivity index (χ3n) is 4.28. The molecule has 0 spiro atoms. The maximum atomic E-state index is 4.57. The Morgan fingerprint density at radius 1 is 1.33 bits per heavy atom. The van der Waals surface area contributed by atoms with Crippen LogP contribution < -0.4 is 4.90 Å². The average molecular weight is 299 g/mol. The van der Waals surface area contributed by atoms with Gasteiger partial charge in [-0.3, -0.25) is 5.10 Å². The Bertz CT molecular complexity index is 771. The highest BCUT2D eigenvalue weighted by Gasteiger charge is 2.31. The number of aryl methyl sites for hydroxylation is 2. The van der Waals surface area contributed by atoms with Gasteiger partial charge >= 0.3 is 0 Å². The minimum atomic E-state index is 0.363. The summed E-state index contributed by atoms with van der Waals surface area (Å²) in [6.45, 7) is 5.22. The lowest BCUT2D eigenvalue weighted by atomic mass is 10.0. The van der Waals surface area contributed by atoms with E-state index in [1.807, 2.05) is 0 Å². The second-order valence-electron chi connectivity index (χ2n) is 5.54. The Morgan fingerprint density at radius 3 is 3.05 bits per heavy atom. The van der Waals surface area contributed by atoms with Crippen LogP contribution in [-0.4, -0.2) is 26.7 Å². The fraction of sp³-hybridized carbons (Fsp3) is 0.400. The van der Waals surface area contributed by atoms with E-state index in [0.717, 1.165) is 34.7 Å². The zero-order valence-corrected chi connectivity index (χ0v) is 12.9. The first-order valence-corrected chi connectivity index (χ1v) is 8.10.